The molecule has 118 valence electrons. The van der Waals surface area contributed by atoms with Gasteiger partial charge in [-0.1, -0.05) is 12.1 Å². The molecule has 22 heavy (non-hydrogen) atoms. The lowest BCUT2D eigenvalue weighted by molar-refractivity contribution is -0.898. The van der Waals surface area contributed by atoms with E-state index in [1.807, 2.05) is 24.3 Å². The minimum Gasteiger partial charge on any atom is -0.395 e. The smallest absolute Gasteiger partial charge is 0.228 e. The summed E-state index contributed by atoms with van der Waals surface area (Å²) in [6.07, 6.45) is 0. The highest BCUT2D eigenvalue weighted by molar-refractivity contribution is 5.90. The molecule has 3 rings (SSSR count). The van der Waals surface area contributed by atoms with E-state index >= 15 is 0 Å². The van der Waals surface area contributed by atoms with Crippen LogP contribution in [0.5, 0.6) is 0 Å². The lowest BCUT2D eigenvalue weighted by Gasteiger charge is -2.31. The molecular formula is C16H24N5O+. The van der Waals surface area contributed by atoms with Crippen molar-refractivity contribution in [3.8, 4) is 0 Å². The van der Waals surface area contributed by atoms with Gasteiger partial charge < -0.3 is 20.2 Å². The predicted molar refractivity (Wildman–Crippen MR) is 88.6 cm³/mol. The molecule has 6 nitrogen and oxygen atoms in total. The maximum atomic E-state index is 9.05. The quantitative estimate of drug-likeness (QED) is 0.711. The molecule has 0 unspecified atom stereocenters. The molecule has 3 N–H and O–H groups in total. The second-order valence-corrected chi connectivity index (χ2v) is 5.63. The molecule has 1 aromatic carbocycles. The molecule has 1 aromatic heterocycles. The number of piperazine rings is 1. The first-order valence-corrected chi connectivity index (χ1v) is 8.02. The maximum absolute atomic E-state index is 9.05. The first-order valence-electron chi connectivity index (χ1n) is 8.02. The second-order valence-electron chi connectivity index (χ2n) is 5.63. The average molecular weight is 302 g/mol. The van der Waals surface area contributed by atoms with Crippen molar-refractivity contribution in [3.05, 3.63) is 24.3 Å². The van der Waals surface area contributed by atoms with Crippen LogP contribution < -0.4 is 15.1 Å². The summed E-state index contributed by atoms with van der Waals surface area (Å²) < 4.78 is 0. The Morgan fingerprint density at radius 2 is 2.00 bits per heavy atom. The van der Waals surface area contributed by atoms with Crippen molar-refractivity contribution in [2.75, 3.05) is 56.1 Å². The minimum absolute atomic E-state index is 0.0895. The number of aliphatic hydroxyl groups excluding tert-OH is 1. The van der Waals surface area contributed by atoms with Gasteiger partial charge >= 0.3 is 0 Å². The molecular weight excluding hydrogens is 278 g/mol. The van der Waals surface area contributed by atoms with Gasteiger partial charge in [-0.2, -0.15) is 4.98 Å². The van der Waals surface area contributed by atoms with Crippen LogP contribution in [0.3, 0.4) is 0 Å². The van der Waals surface area contributed by atoms with Gasteiger partial charge in [-0.25, -0.2) is 4.98 Å². The molecule has 0 bridgehead atoms. The Morgan fingerprint density at radius 1 is 1.23 bits per heavy atom. The number of anilines is 2. The topological polar surface area (TPSA) is 65.7 Å². The highest BCUT2D eigenvalue weighted by Crippen LogP contribution is 2.23. The molecule has 0 saturated carbocycles. The molecule has 1 fully saturated rings. The van der Waals surface area contributed by atoms with E-state index in [1.54, 1.807) is 4.90 Å². The number of para-hydroxylation sites is 1. The van der Waals surface area contributed by atoms with E-state index in [9.17, 15) is 0 Å². The summed E-state index contributed by atoms with van der Waals surface area (Å²) in [7, 11) is 0. The van der Waals surface area contributed by atoms with Gasteiger partial charge in [0, 0.05) is 11.9 Å². The first-order chi connectivity index (χ1) is 10.8. The third-order valence-electron chi connectivity index (χ3n) is 4.25. The molecule has 2 heterocycles. The van der Waals surface area contributed by atoms with Crippen LogP contribution >= 0.6 is 0 Å². The maximum Gasteiger partial charge on any atom is 0.228 e. The van der Waals surface area contributed by atoms with Gasteiger partial charge in [0.25, 0.3) is 0 Å². The zero-order valence-corrected chi connectivity index (χ0v) is 13.0. The fourth-order valence-corrected chi connectivity index (χ4v) is 2.89. The molecule has 0 spiro atoms. The van der Waals surface area contributed by atoms with Gasteiger partial charge in [-0.05, 0) is 19.1 Å². The van der Waals surface area contributed by atoms with Crippen LogP contribution in [0, 0.1) is 0 Å². The van der Waals surface area contributed by atoms with Crippen molar-refractivity contribution in [2.24, 2.45) is 0 Å². The van der Waals surface area contributed by atoms with Gasteiger partial charge in [-0.3, -0.25) is 0 Å². The second kappa shape index (κ2) is 6.89. The Balaban J connectivity index is 1.89. The van der Waals surface area contributed by atoms with Crippen molar-refractivity contribution in [1.29, 1.82) is 0 Å². The molecule has 0 amide bonds. The van der Waals surface area contributed by atoms with Crippen LogP contribution in [0.2, 0.25) is 0 Å². The minimum atomic E-state index is 0.0895. The first kappa shape index (κ1) is 15.0. The van der Waals surface area contributed by atoms with E-state index < -0.39 is 0 Å². The number of fused-ring (bicyclic) bond motifs is 1. The standard InChI is InChI=1S/C16H23N5O/c1-2-20-8-10-21(11-9-20)16-18-14-6-4-3-5-13(14)15(19-16)17-7-12-22/h3-6,22H,2,7-12H2,1H3,(H,17,18,19)/p+1. The third-order valence-corrected chi connectivity index (χ3v) is 4.25. The number of aromatic nitrogens is 2. The molecule has 2 aromatic rings. The summed E-state index contributed by atoms with van der Waals surface area (Å²) in [4.78, 5) is 13.3. The van der Waals surface area contributed by atoms with Crippen LogP contribution in [-0.2, 0) is 0 Å². The molecule has 1 aliphatic rings. The summed E-state index contributed by atoms with van der Waals surface area (Å²) in [5.41, 5.74) is 0.943. The Labute approximate surface area is 130 Å². The molecule has 1 saturated heterocycles. The van der Waals surface area contributed by atoms with Crippen LogP contribution in [0.4, 0.5) is 11.8 Å². The Hall–Kier alpha value is -1.92. The zero-order valence-electron chi connectivity index (χ0n) is 13.0. The lowest BCUT2D eigenvalue weighted by Crippen LogP contribution is -3.14. The summed E-state index contributed by atoms with van der Waals surface area (Å²) in [6.45, 7) is 8.23. The van der Waals surface area contributed by atoms with Crippen LogP contribution in [0.1, 0.15) is 6.92 Å². The van der Waals surface area contributed by atoms with Gasteiger partial charge in [0.05, 0.1) is 44.8 Å². The predicted octanol–water partition coefficient (Wildman–Crippen LogP) is -0.241. The largest absolute Gasteiger partial charge is 0.395 e. The van der Waals surface area contributed by atoms with Gasteiger partial charge in [-0.15, -0.1) is 0 Å². The lowest BCUT2D eigenvalue weighted by atomic mass is 10.2. The molecule has 6 heteroatoms. The van der Waals surface area contributed by atoms with Crippen molar-refractivity contribution < 1.29 is 10.0 Å². The molecule has 0 atom stereocenters. The Kier molecular flexibility index (Phi) is 4.70. The van der Waals surface area contributed by atoms with Gasteiger partial charge in [0.15, 0.2) is 0 Å². The average Bonchev–Trinajstić information content (AvgIpc) is 2.59. The highest BCUT2D eigenvalue weighted by atomic mass is 16.3. The molecule has 1 aliphatic heterocycles. The van der Waals surface area contributed by atoms with E-state index in [0.717, 1.165) is 48.8 Å². The van der Waals surface area contributed by atoms with Crippen LogP contribution in [0.25, 0.3) is 10.9 Å². The number of benzene rings is 1. The summed E-state index contributed by atoms with van der Waals surface area (Å²) >= 11 is 0. The number of nitrogens with zero attached hydrogens (tertiary/aromatic N) is 3. The normalized spacial score (nSPS) is 16.2. The van der Waals surface area contributed by atoms with Gasteiger partial charge in [0.2, 0.25) is 5.95 Å². The van der Waals surface area contributed by atoms with Gasteiger partial charge in [0.1, 0.15) is 5.82 Å². The zero-order chi connectivity index (χ0) is 15.4. The van der Waals surface area contributed by atoms with Crippen molar-refractivity contribution in [3.63, 3.8) is 0 Å². The number of hydrogen-bond acceptors (Lipinski definition) is 5. The fraction of sp³-hybridized carbons (Fsp3) is 0.500. The van der Waals surface area contributed by atoms with Crippen LogP contribution in [0.15, 0.2) is 24.3 Å². The number of likely N-dealkylation sites (N-methyl/N-ethyl adjacent to an activating group) is 1. The van der Waals surface area contributed by atoms with E-state index in [4.69, 9.17) is 15.1 Å². The highest BCUT2D eigenvalue weighted by Gasteiger charge is 2.21. The fourth-order valence-electron chi connectivity index (χ4n) is 2.89. The van der Waals surface area contributed by atoms with Crippen LogP contribution in [-0.4, -0.2) is 60.9 Å². The monoisotopic (exact) mass is 302 g/mol. The van der Waals surface area contributed by atoms with Crippen molar-refractivity contribution in [2.45, 2.75) is 6.92 Å². The number of hydrogen-bond donors (Lipinski definition) is 3. The Bertz CT molecular complexity index is 625. The van der Waals surface area contributed by atoms with E-state index in [-0.39, 0.29) is 6.61 Å². The number of aliphatic hydroxyl groups is 1. The summed E-state index contributed by atoms with van der Waals surface area (Å²) in [5.74, 6) is 1.59. The molecule has 0 aliphatic carbocycles. The Morgan fingerprint density at radius 3 is 2.73 bits per heavy atom. The molecule has 0 radical (unpaired) electrons. The van der Waals surface area contributed by atoms with E-state index in [2.05, 4.69) is 17.1 Å². The number of rotatable bonds is 5. The van der Waals surface area contributed by atoms with E-state index in [0.29, 0.717) is 6.54 Å². The van der Waals surface area contributed by atoms with Crippen molar-refractivity contribution in [1.82, 2.24) is 9.97 Å². The summed E-state index contributed by atoms with van der Waals surface area (Å²) in [6, 6.07) is 8.00. The SMILES string of the molecule is CC[NH+]1CCN(c2nc(NCCO)c3ccccc3n2)CC1. The number of quaternary nitrogens is 1. The number of nitrogens with one attached hydrogen (secondary N) is 2. The van der Waals surface area contributed by atoms with Crippen molar-refractivity contribution >= 4 is 22.7 Å². The van der Waals surface area contributed by atoms with E-state index in [1.165, 1.54) is 6.54 Å². The third kappa shape index (κ3) is 3.13. The summed E-state index contributed by atoms with van der Waals surface area (Å²) in [5, 5.41) is 13.3.